The van der Waals surface area contributed by atoms with Crippen LogP contribution in [0.15, 0.2) is 18.2 Å². The van der Waals surface area contributed by atoms with Gasteiger partial charge in [0.05, 0.1) is 5.56 Å². The number of hydrogen-bond acceptors (Lipinski definition) is 2. The number of amides is 1. The van der Waals surface area contributed by atoms with Gasteiger partial charge < -0.3 is 10.0 Å². The Balaban J connectivity index is 2.23. The van der Waals surface area contributed by atoms with E-state index in [9.17, 15) is 9.90 Å². The number of carbonyl (C=O) groups is 1. The largest absolute Gasteiger partial charge is 0.507 e. The van der Waals surface area contributed by atoms with Crippen molar-refractivity contribution in [2.45, 2.75) is 26.7 Å². The molecule has 0 bridgehead atoms. The van der Waals surface area contributed by atoms with Gasteiger partial charge in [-0.2, -0.15) is 0 Å². The first-order valence-electron chi connectivity index (χ1n) is 6.17. The zero-order chi connectivity index (χ0) is 13.3. The third kappa shape index (κ3) is 2.96. The average Bonchev–Trinajstić information content (AvgIpc) is 2.30. The van der Waals surface area contributed by atoms with Gasteiger partial charge in [0.15, 0.2) is 0 Å². The molecule has 1 saturated heterocycles. The van der Waals surface area contributed by atoms with Crippen LogP contribution >= 0.6 is 22.6 Å². The fraction of sp³-hybridized carbons (Fsp3) is 0.500. The van der Waals surface area contributed by atoms with Gasteiger partial charge in [0, 0.05) is 16.7 Å². The zero-order valence-corrected chi connectivity index (χ0v) is 12.9. The fourth-order valence-electron chi connectivity index (χ4n) is 2.45. The van der Waals surface area contributed by atoms with E-state index in [0.29, 0.717) is 5.56 Å². The molecule has 0 radical (unpaired) electrons. The zero-order valence-electron chi connectivity index (χ0n) is 10.7. The molecule has 0 atom stereocenters. The minimum atomic E-state index is -0.0567. The molecule has 1 aromatic rings. The maximum atomic E-state index is 12.4. The Hall–Kier alpha value is -0.780. The number of rotatable bonds is 1. The molecule has 1 N–H and O–H groups in total. The lowest BCUT2D eigenvalue weighted by Gasteiger charge is -2.38. The maximum Gasteiger partial charge on any atom is 0.257 e. The van der Waals surface area contributed by atoms with Crippen LogP contribution in [0.1, 0.15) is 37.0 Å². The Morgan fingerprint density at radius 2 is 2.17 bits per heavy atom. The van der Waals surface area contributed by atoms with E-state index in [1.165, 1.54) is 0 Å². The van der Waals surface area contributed by atoms with Gasteiger partial charge in [-0.1, -0.05) is 13.8 Å². The van der Waals surface area contributed by atoms with Gasteiger partial charge in [0.25, 0.3) is 5.91 Å². The Morgan fingerprint density at radius 3 is 2.83 bits per heavy atom. The minimum Gasteiger partial charge on any atom is -0.507 e. The van der Waals surface area contributed by atoms with Crippen molar-refractivity contribution in [3.63, 3.8) is 0 Å². The Bertz CT molecular complexity index is 471. The van der Waals surface area contributed by atoms with E-state index in [2.05, 4.69) is 36.4 Å². The summed E-state index contributed by atoms with van der Waals surface area (Å²) >= 11 is 2.15. The summed E-state index contributed by atoms with van der Waals surface area (Å²) in [4.78, 5) is 14.3. The van der Waals surface area contributed by atoms with E-state index < -0.39 is 0 Å². The van der Waals surface area contributed by atoms with Crippen molar-refractivity contribution in [1.29, 1.82) is 0 Å². The highest BCUT2D eigenvalue weighted by atomic mass is 127. The molecule has 0 spiro atoms. The van der Waals surface area contributed by atoms with Crippen molar-refractivity contribution in [3.8, 4) is 5.75 Å². The van der Waals surface area contributed by atoms with Gasteiger partial charge in [0.2, 0.25) is 0 Å². The average molecular weight is 359 g/mol. The number of likely N-dealkylation sites (tertiary alicyclic amines) is 1. The van der Waals surface area contributed by atoms with E-state index >= 15 is 0 Å². The highest BCUT2D eigenvalue weighted by Gasteiger charge is 2.30. The highest BCUT2D eigenvalue weighted by Crippen LogP contribution is 2.30. The van der Waals surface area contributed by atoms with Gasteiger partial charge in [-0.25, -0.2) is 0 Å². The molecule has 1 aromatic carbocycles. The minimum absolute atomic E-state index is 0.0567. The van der Waals surface area contributed by atoms with Crippen LogP contribution in [0, 0.1) is 8.99 Å². The number of hydrogen-bond donors (Lipinski definition) is 1. The van der Waals surface area contributed by atoms with Gasteiger partial charge in [-0.15, -0.1) is 0 Å². The van der Waals surface area contributed by atoms with Gasteiger partial charge in [0.1, 0.15) is 5.75 Å². The second-order valence-corrected chi connectivity index (χ2v) is 6.90. The van der Waals surface area contributed by atoms with Crippen LogP contribution in [0.3, 0.4) is 0 Å². The summed E-state index contributed by atoms with van der Waals surface area (Å²) in [6.07, 6.45) is 2.18. The number of phenolic OH excluding ortho intramolecular Hbond substituents is 1. The molecule has 98 valence electrons. The molecule has 4 heteroatoms. The van der Waals surface area contributed by atoms with Crippen molar-refractivity contribution in [2.75, 3.05) is 13.1 Å². The van der Waals surface area contributed by atoms with Crippen molar-refractivity contribution in [2.24, 2.45) is 5.41 Å². The van der Waals surface area contributed by atoms with E-state index in [1.807, 2.05) is 4.90 Å². The molecule has 2 rings (SSSR count). The molecule has 3 nitrogen and oxygen atoms in total. The summed E-state index contributed by atoms with van der Waals surface area (Å²) in [6.45, 7) is 5.91. The monoisotopic (exact) mass is 359 g/mol. The topological polar surface area (TPSA) is 40.5 Å². The molecular weight excluding hydrogens is 341 g/mol. The van der Waals surface area contributed by atoms with Gasteiger partial charge in [-0.05, 0) is 59.0 Å². The van der Waals surface area contributed by atoms with Gasteiger partial charge >= 0.3 is 0 Å². The number of nitrogens with zero attached hydrogens (tertiary/aromatic N) is 1. The maximum absolute atomic E-state index is 12.4. The molecule has 18 heavy (non-hydrogen) atoms. The van der Waals surface area contributed by atoms with E-state index in [4.69, 9.17) is 0 Å². The molecule has 1 fully saturated rings. The molecular formula is C14H18INO2. The van der Waals surface area contributed by atoms with Crippen LogP contribution in [-0.2, 0) is 0 Å². The van der Waals surface area contributed by atoms with Crippen molar-refractivity contribution < 1.29 is 9.90 Å². The molecule has 0 aromatic heterocycles. The molecule has 1 aliphatic rings. The summed E-state index contributed by atoms with van der Waals surface area (Å²) in [7, 11) is 0. The van der Waals surface area contributed by atoms with E-state index in [1.54, 1.807) is 18.2 Å². The molecule has 0 aliphatic carbocycles. The number of carbonyl (C=O) groups excluding carboxylic acids is 1. The lowest BCUT2D eigenvalue weighted by atomic mass is 9.84. The smallest absolute Gasteiger partial charge is 0.257 e. The van der Waals surface area contributed by atoms with Crippen LogP contribution in [0.2, 0.25) is 0 Å². The number of aromatic hydroxyl groups is 1. The fourth-order valence-corrected chi connectivity index (χ4v) is 2.94. The van der Waals surface area contributed by atoms with E-state index in [-0.39, 0.29) is 17.1 Å². The van der Waals surface area contributed by atoms with Crippen molar-refractivity contribution in [3.05, 3.63) is 27.3 Å². The summed E-state index contributed by atoms with van der Waals surface area (Å²) < 4.78 is 0.963. The van der Waals surface area contributed by atoms with Gasteiger partial charge in [-0.3, -0.25) is 4.79 Å². The summed E-state index contributed by atoms with van der Waals surface area (Å²) in [6, 6.07) is 5.14. The summed E-state index contributed by atoms with van der Waals surface area (Å²) in [5.41, 5.74) is 0.588. The van der Waals surface area contributed by atoms with E-state index in [0.717, 1.165) is 29.5 Å². The quantitative estimate of drug-likeness (QED) is 0.782. The van der Waals surface area contributed by atoms with Crippen LogP contribution < -0.4 is 0 Å². The van der Waals surface area contributed by atoms with Crippen molar-refractivity contribution >= 4 is 28.5 Å². The number of benzene rings is 1. The highest BCUT2D eigenvalue weighted by molar-refractivity contribution is 14.1. The van der Waals surface area contributed by atoms with Crippen LogP contribution in [0.25, 0.3) is 0 Å². The van der Waals surface area contributed by atoms with Crippen LogP contribution in [0.5, 0.6) is 5.75 Å². The Kier molecular flexibility index (Phi) is 3.84. The van der Waals surface area contributed by atoms with Crippen LogP contribution in [0.4, 0.5) is 0 Å². The Labute approximate surface area is 121 Å². The molecule has 1 amide bonds. The summed E-state index contributed by atoms with van der Waals surface area (Å²) in [5.74, 6) is 0.0163. The lowest BCUT2D eigenvalue weighted by molar-refractivity contribution is 0.0580. The standard InChI is InChI=1S/C14H18INO2/c1-14(2)6-3-7-16(9-14)13(18)11-8-10(15)4-5-12(11)17/h4-5,8,17H,3,6-7,9H2,1-2H3. The number of phenols is 1. The number of halogens is 1. The Morgan fingerprint density at radius 1 is 1.44 bits per heavy atom. The van der Waals surface area contributed by atoms with Crippen molar-refractivity contribution in [1.82, 2.24) is 4.90 Å². The number of piperidine rings is 1. The molecule has 0 saturated carbocycles. The predicted molar refractivity (Wildman–Crippen MR) is 79.7 cm³/mol. The lowest BCUT2D eigenvalue weighted by Crippen LogP contribution is -2.43. The molecule has 0 unspecified atom stereocenters. The second kappa shape index (κ2) is 5.07. The summed E-state index contributed by atoms with van der Waals surface area (Å²) in [5, 5.41) is 9.82. The first kappa shape index (κ1) is 13.6. The predicted octanol–water partition coefficient (Wildman–Crippen LogP) is 3.26. The first-order chi connectivity index (χ1) is 8.39. The second-order valence-electron chi connectivity index (χ2n) is 5.66. The third-order valence-electron chi connectivity index (χ3n) is 3.38. The third-order valence-corrected chi connectivity index (χ3v) is 4.05. The molecule has 1 aliphatic heterocycles. The first-order valence-corrected chi connectivity index (χ1v) is 7.25. The normalized spacial score (nSPS) is 18.7. The van der Waals surface area contributed by atoms with Crippen LogP contribution in [-0.4, -0.2) is 29.0 Å². The SMILES string of the molecule is CC1(C)CCCN(C(=O)c2cc(I)ccc2O)C1. The molecule has 1 heterocycles.